The Kier molecular flexibility index (Phi) is 3.71. The van der Waals surface area contributed by atoms with Gasteiger partial charge in [0, 0.05) is 24.4 Å². The maximum absolute atomic E-state index is 5.64. The zero-order valence-electron chi connectivity index (χ0n) is 13.4. The summed E-state index contributed by atoms with van der Waals surface area (Å²) in [5.74, 6) is 1.12. The van der Waals surface area contributed by atoms with E-state index in [0.29, 0.717) is 11.8 Å². The van der Waals surface area contributed by atoms with Gasteiger partial charge in [0.05, 0.1) is 0 Å². The van der Waals surface area contributed by atoms with E-state index < -0.39 is 0 Å². The molecule has 0 saturated carbocycles. The lowest BCUT2D eigenvalue weighted by atomic mass is 10.2. The minimum Gasteiger partial charge on any atom is -0.420 e. The Balaban J connectivity index is 1.74. The first-order chi connectivity index (χ1) is 11.8. The summed E-state index contributed by atoms with van der Waals surface area (Å²) in [7, 11) is 0. The molecule has 2 heterocycles. The highest BCUT2D eigenvalue weighted by molar-refractivity contribution is 5.85. The van der Waals surface area contributed by atoms with Gasteiger partial charge < -0.3 is 8.98 Å². The van der Waals surface area contributed by atoms with Crippen LogP contribution < -0.4 is 0 Å². The van der Waals surface area contributed by atoms with Gasteiger partial charge in [-0.25, -0.2) is 0 Å². The molecule has 4 aromatic rings. The van der Waals surface area contributed by atoms with Gasteiger partial charge in [0.1, 0.15) is 5.69 Å². The van der Waals surface area contributed by atoms with Crippen molar-refractivity contribution < 1.29 is 4.42 Å². The summed E-state index contributed by atoms with van der Waals surface area (Å²) in [5, 5.41) is 9.29. The molecule has 0 aliphatic rings. The van der Waals surface area contributed by atoms with Gasteiger partial charge in [0.15, 0.2) is 0 Å². The smallest absolute Gasteiger partial charge is 0.264 e. The molecule has 0 spiro atoms. The van der Waals surface area contributed by atoms with E-state index in [1.54, 1.807) is 6.92 Å². The van der Waals surface area contributed by atoms with Crippen LogP contribution in [0.3, 0.4) is 0 Å². The van der Waals surface area contributed by atoms with Crippen molar-refractivity contribution in [2.45, 2.75) is 13.5 Å². The summed E-state index contributed by atoms with van der Waals surface area (Å²) >= 11 is 0. The summed E-state index contributed by atoms with van der Waals surface area (Å²) in [6.07, 6.45) is 4.27. The number of allylic oxidation sites excluding steroid dienone is 1. The average molecular weight is 315 g/mol. The maximum atomic E-state index is 5.64. The van der Waals surface area contributed by atoms with Crippen molar-refractivity contribution in [3.8, 4) is 11.6 Å². The second-order valence-electron chi connectivity index (χ2n) is 5.64. The number of para-hydroxylation sites is 1. The van der Waals surface area contributed by atoms with Crippen molar-refractivity contribution in [2.75, 3.05) is 0 Å². The number of fused-ring (bicyclic) bond motifs is 1. The van der Waals surface area contributed by atoms with Gasteiger partial charge in [-0.1, -0.05) is 60.7 Å². The Morgan fingerprint density at radius 1 is 1.00 bits per heavy atom. The molecule has 0 saturated heterocycles. The van der Waals surface area contributed by atoms with E-state index in [-0.39, 0.29) is 0 Å². The number of rotatable bonds is 4. The molecule has 118 valence electrons. The lowest BCUT2D eigenvalue weighted by molar-refractivity contribution is 0.528. The third-order valence-electron chi connectivity index (χ3n) is 3.95. The minimum atomic E-state index is 0.553. The lowest BCUT2D eigenvalue weighted by Gasteiger charge is -2.05. The molecule has 4 rings (SSSR count). The Hall–Kier alpha value is -3.14. The predicted octanol–water partition coefficient (Wildman–Crippen LogP) is 4.71. The van der Waals surface area contributed by atoms with Crippen molar-refractivity contribution in [3.63, 3.8) is 0 Å². The van der Waals surface area contributed by atoms with Crippen LogP contribution in [0.15, 0.2) is 71.2 Å². The van der Waals surface area contributed by atoms with Gasteiger partial charge in [-0.15, -0.1) is 10.2 Å². The second-order valence-corrected chi connectivity index (χ2v) is 5.64. The first-order valence-corrected chi connectivity index (χ1v) is 7.91. The van der Waals surface area contributed by atoms with Gasteiger partial charge in [-0.2, -0.15) is 0 Å². The SMILES string of the molecule is Cc1nnc(-c2cc3ccccc3n2C/C=C/c2ccccc2)o1. The number of hydrogen-bond donors (Lipinski definition) is 0. The molecule has 2 aromatic heterocycles. The molecule has 0 aliphatic heterocycles. The van der Waals surface area contributed by atoms with Crippen molar-refractivity contribution in [1.29, 1.82) is 0 Å². The standard InChI is InChI=1S/C20H17N3O/c1-15-21-22-20(24-15)19-14-17-11-5-6-12-18(17)23(19)13-7-10-16-8-3-2-4-9-16/h2-12,14H,13H2,1H3/b10-7+. The van der Waals surface area contributed by atoms with Crippen molar-refractivity contribution >= 4 is 17.0 Å². The highest BCUT2D eigenvalue weighted by Crippen LogP contribution is 2.27. The molecular weight excluding hydrogens is 298 g/mol. The summed E-state index contributed by atoms with van der Waals surface area (Å²) < 4.78 is 7.83. The summed E-state index contributed by atoms with van der Waals surface area (Å²) in [5.41, 5.74) is 3.28. The average Bonchev–Trinajstić information content (AvgIpc) is 3.20. The van der Waals surface area contributed by atoms with E-state index in [1.165, 1.54) is 5.56 Å². The molecule has 4 heteroatoms. The molecule has 0 atom stereocenters. The van der Waals surface area contributed by atoms with E-state index in [0.717, 1.165) is 23.1 Å². The van der Waals surface area contributed by atoms with E-state index in [2.05, 4.69) is 57.2 Å². The van der Waals surface area contributed by atoms with Crippen LogP contribution in [0.4, 0.5) is 0 Å². The number of nitrogens with zero attached hydrogens (tertiary/aromatic N) is 3. The molecule has 0 N–H and O–H groups in total. The molecule has 4 nitrogen and oxygen atoms in total. The van der Waals surface area contributed by atoms with Gasteiger partial charge in [0.25, 0.3) is 5.89 Å². The molecule has 0 bridgehead atoms. The molecule has 0 radical (unpaired) electrons. The molecule has 0 unspecified atom stereocenters. The van der Waals surface area contributed by atoms with Crippen LogP contribution in [0.2, 0.25) is 0 Å². The Morgan fingerprint density at radius 3 is 2.58 bits per heavy atom. The first kappa shape index (κ1) is 14.5. The second kappa shape index (κ2) is 6.16. The summed E-state index contributed by atoms with van der Waals surface area (Å²) in [4.78, 5) is 0. The quantitative estimate of drug-likeness (QED) is 0.547. The molecular formula is C20H17N3O. The first-order valence-electron chi connectivity index (χ1n) is 7.91. The van der Waals surface area contributed by atoms with E-state index in [1.807, 2.05) is 30.3 Å². The number of aromatic nitrogens is 3. The molecule has 0 amide bonds. The van der Waals surface area contributed by atoms with Crippen molar-refractivity contribution in [3.05, 3.63) is 78.2 Å². The fourth-order valence-electron chi connectivity index (χ4n) is 2.84. The minimum absolute atomic E-state index is 0.553. The maximum Gasteiger partial charge on any atom is 0.264 e. The highest BCUT2D eigenvalue weighted by atomic mass is 16.4. The summed E-state index contributed by atoms with van der Waals surface area (Å²) in [6.45, 7) is 2.54. The predicted molar refractivity (Wildman–Crippen MR) is 95.4 cm³/mol. The topological polar surface area (TPSA) is 43.9 Å². The Bertz CT molecular complexity index is 996. The van der Waals surface area contributed by atoms with Crippen LogP contribution in [0.25, 0.3) is 28.6 Å². The Labute approximate surface area is 140 Å². The van der Waals surface area contributed by atoms with Crippen LogP contribution in [-0.2, 0) is 6.54 Å². The zero-order chi connectivity index (χ0) is 16.4. The van der Waals surface area contributed by atoms with Crippen LogP contribution >= 0.6 is 0 Å². The molecule has 0 aliphatic carbocycles. The van der Waals surface area contributed by atoms with E-state index >= 15 is 0 Å². The molecule has 0 fully saturated rings. The van der Waals surface area contributed by atoms with Crippen LogP contribution in [0.5, 0.6) is 0 Å². The third-order valence-corrected chi connectivity index (χ3v) is 3.95. The highest BCUT2D eigenvalue weighted by Gasteiger charge is 2.14. The normalized spacial score (nSPS) is 11.5. The lowest BCUT2D eigenvalue weighted by Crippen LogP contribution is -1.97. The van der Waals surface area contributed by atoms with Gasteiger partial charge in [0.2, 0.25) is 5.89 Å². The summed E-state index contributed by atoms with van der Waals surface area (Å²) in [6, 6.07) is 20.7. The van der Waals surface area contributed by atoms with Gasteiger partial charge in [-0.3, -0.25) is 0 Å². The van der Waals surface area contributed by atoms with Crippen LogP contribution in [0.1, 0.15) is 11.5 Å². The monoisotopic (exact) mass is 315 g/mol. The fraction of sp³-hybridized carbons (Fsp3) is 0.100. The van der Waals surface area contributed by atoms with E-state index in [9.17, 15) is 0 Å². The third kappa shape index (κ3) is 2.74. The number of hydrogen-bond acceptors (Lipinski definition) is 3. The van der Waals surface area contributed by atoms with Gasteiger partial charge in [-0.05, 0) is 17.7 Å². The molecule has 24 heavy (non-hydrogen) atoms. The largest absolute Gasteiger partial charge is 0.420 e. The number of benzene rings is 2. The molecule has 2 aromatic carbocycles. The zero-order valence-corrected chi connectivity index (χ0v) is 13.4. The van der Waals surface area contributed by atoms with E-state index in [4.69, 9.17) is 4.42 Å². The van der Waals surface area contributed by atoms with Crippen LogP contribution in [-0.4, -0.2) is 14.8 Å². The Morgan fingerprint density at radius 2 is 1.79 bits per heavy atom. The number of aryl methyl sites for hydroxylation is 1. The van der Waals surface area contributed by atoms with Gasteiger partial charge >= 0.3 is 0 Å². The van der Waals surface area contributed by atoms with Crippen molar-refractivity contribution in [2.24, 2.45) is 0 Å². The van der Waals surface area contributed by atoms with Crippen LogP contribution in [0, 0.1) is 6.92 Å². The van der Waals surface area contributed by atoms with Crippen molar-refractivity contribution in [1.82, 2.24) is 14.8 Å². The fourth-order valence-corrected chi connectivity index (χ4v) is 2.84.